The highest BCUT2D eigenvalue weighted by molar-refractivity contribution is 7.16. The first-order valence-corrected chi connectivity index (χ1v) is 10.6. The Morgan fingerprint density at radius 3 is 2.75 bits per heavy atom. The van der Waals surface area contributed by atoms with Crippen molar-refractivity contribution >= 4 is 28.2 Å². The number of thiophene rings is 1. The molecule has 0 bridgehead atoms. The molecule has 0 unspecified atom stereocenters. The molecule has 28 heavy (non-hydrogen) atoms. The number of nitriles is 1. The second-order valence-electron chi connectivity index (χ2n) is 7.34. The second-order valence-corrected chi connectivity index (χ2v) is 8.45. The lowest BCUT2D eigenvalue weighted by Gasteiger charge is -2.07. The summed E-state index contributed by atoms with van der Waals surface area (Å²) in [6.07, 6.45) is 8.36. The van der Waals surface area contributed by atoms with E-state index in [0.29, 0.717) is 16.1 Å². The van der Waals surface area contributed by atoms with Crippen LogP contribution in [0.15, 0.2) is 18.2 Å². The fourth-order valence-corrected chi connectivity index (χ4v) is 5.28. The van der Waals surface area contributed by atoms with Crippen molar-refractivity contribution in [3.8, 4) is 6.07 Å². The SMILES string of the molecule is N#Cc1c(NC(=O)COC(=O)c2ccc3c(c2)CCC3)sc2c1CCCCC2. The minimum atomic E-state index is -0.493. The zero-order valence-corrected chi connectivity index (χ0v) is 16.5. The molecule has 2 aromatic rings. The summed E-state index contributed by atoms with van der Waals surface area (Å²) in [4.78, 5) is 25.8. The highest BCUT2D eigenvalue weighted by Gasteiger charge is 2.21. The molecule has 0 saturated heterocycles. The molecule has 0 spiro atoms. The van der Waals surface area contributed by atoms with E-state index in [2.05, 4.69) is 11.4 Å². The maximum atomic E-state index is 12.3. The summed E-state index contributed by atoms with van der Waals surface area (Å²) in [5, 5.41) is 12.9. The van der Waals surface area contributed by atoms with Crippen LogP contribution in [0.5, 0.6) is 0 Å². The van der Waals surface area contributed by atoms with E-state index in [-0.39, 0.29) is 6.61 Å². The molecule has 0 aliphatic heterocycles. The van der Waals surface area contributed by atoms with E-state index in [1.807, 2.05) is 12.1 Å². The van der Waals surface area contributed by atoms with Crippen LogP contribution in [0.3, 0.4) is 0 Å². The van der Waals surface area contributed by atoms with Gasteiger partial charge in [0.2, 0.25) is 0 Å². The molecule has 1 heterocycles. The van der Waals surface area contributed by atoms with Crippen molar-refractivity contribution in [2.75, 3.05) is 11.9 Å². The lowest BCUT2D eigenvalue weighted by Crippen LogP contribution is -2.21. The number of carbonyl (C=O) groups excluding carboxylic acids is 2. The van der Waals surface area contributed by atoms with Gasteiger partial charge in [0.25, 0.3) is 5.91 Å². The number of nitrogens with zero attached hydrogens (tertiary/aromatic N) is 1. The van der Waals surface area contributed by atoms with Gasteiger partial charge < -0.3 is 10.1 Å². The Labute approximate surface area is 168 Å². The van der Waals surface area contributed by atoms with Crippen molar-refractivity contribution in [3.05, 3.63) is 50.9 Å². The standard InChI is InChI=1S/C22H22N2O3S/c23-12-18-17-7-2-1-3-8-19(17)28-21(18)24-20(25)13-27-22(26)16-10-9-14-5-4-6-15(14)11-16/h9-11H,1-8,13H2,(H,24,25). The number of aryl methyl sites for hydroxylation is 3. The van der Waals surface area contributed by atoms with E-state index in [9.17, 15) is 14.9 Å². The number of carbonyl (C=O) groups is 2. The van der Waals surface area contributed by atoms with E-state index in [1.54, 1.807) is 6.07 Å². The summed E-state index contributed by atoms with van der Waals surface area (Å²) >= 11 is 1.48. The molecule has 4 rings (SSSR count). The van der Waals surface area contributed by atoms with Crippen LogP contribution in [0.2, 0.25) is 0 Å². The van der Waals surface area contributed by atoms with E-state index in [0.717, 1.165) is 50.5 Å². The van der Waals surface area contributed by atoms with E-state index < -0.39 is 11.9 Å². The molecule has 0 fully saturated rings. The lowest BCUT2D eigenvalue weighted by atomic mass is 10.1. The van der Waals surface area contributed by atoms with Crippen LogP contribution < -0.4 is 5.32 Å². The minimum absolute atomic E-state index is 0.358. The maximum Gasteiger partial charge on any atom is 0.338 e. The van der Waals surface area contributed by atoms with Gasteiger partial charge in [0.15, 0.2) is 6.61 Å². The molecule has 1 amide bonds. The summed E-state index contributed by atoms with van der Waals surface area (Å²) in [5.74, 6) is -0.908. The highest BCUT2D eigenvalue weighted by Crippen LogP contribution is 2.36. The van der Waals surface area contributed by atoms with Crippen LogP contribution in [-0.2, 0) is 35.2 Å². The number of rotatable bonds is 4. The van der Waals surface area contributed by atoms with Crippen molar-refractivity contribution < 1.29 is 14.3 Å². The van der Waals surface area contributed by atoms with Crippen molar-refractivity contribution in [1.82, 2.24) is 0 Å². The van der Waals surface area contributed by atoms with Crippen LogP contribution in [0.1, 0.15) is 63.2 Å². The first kappa shape index (κ1) is 18.7. The van der Waals surface area contributed by atoms with Gasteiger partial charge >= 0.3 is 5.97 Å². The van der Waals surface area contributed by atoms with E-state index >= 15 is 0 Å². The molecule has 144 valence electrons. The van der Waals surface area contributed by atoms with Crippen molar-refractivity contribution in [1.29, 1.82) is 5.26 Å². The van der Waals surface area contributed by atoms with Crippen LogP contribution in [0.4, 0.5) is 5.00 Å². The first-order chi connectivity index (χ1) is 13.7. The number of esters is 1. The summed E-state index contributed by atoms with van der Waals surface area (Å²) in [6, 6.07) is 7.83. The molecular formula is C22H22N2O3S. The average molecular weight is 394 g/mol. The third-order valence-corrected chi connectivity index (χ3v) is 6.66. The van der Waals surface area contributed by atoms with Gasteiger partial charge in [-0.25, -0.2) is 4.79 Å². The molecule has 2 aliphatic carbocycles. The van der Waals surface area contributed by atoms with Crippen molar-refractivity contribution in [3.63, 3.8) is 0 Å². The number of hydrogen-bond acceptors (Lipinski definition) is 5. The number of anilines is 1. The molecule has 1 aromatic heterocycles. The molecule has 5 nitrogen and oxygen atoms in total. The Bertz CT molecular complexity index is 971. The minimum Gasteiger partial charge on any atom is -0.452 e. The fraction of sp³-hybridized carbons (Fsp3) is 0.409. The average Bonchev–Trinajstić information content (AvgIpc) is 3.22. The normalized spacial score (nSPS) is 15.1. The summed E-state index contributed by atoms with van der Waals surface area (Å²) in [6.45, 7) is -0.358. The van der Waals surface area contributed by atoms with E-state index in [1.165, 1.54) is 33.8 Å². The molecule has 1 N–H and O–H groups in total. The van der Waals surface area contributed by atoms with Crippen molar-refractivity contribution in [2.45, 2.75) is 51.4 Å². The summed E-state index contributed by atoms with van der Waals surface area (Å²) in [7, 11) is 0. The van der Waals surface area contributed by atoms with Gasteiger partial charge in [-0.3, -0.25) is 4.79 Å². The molecule has 6 heteroatoms. The van der Waals surface area contributed by atoms with Gasteiger partial charge in [0, 0.05) is 4.88 Å². The van der Waals surface area contributed by atoms with Gasteiger partial charge in [0.1, 0.15) is 11.1 Å². The van der Waals surface area contributed by atoms with E-state index in [4.69, 9.17) is 4.74 Å². The number of ether oxygens (including phenoxy) is 1. The Hall–Kier alpha value is -2.65. The molecule has 2 aliphatic rings. The Morgan fingerprint density at radius 1 is 1.07 bits per heavy atom. The lowest BCUT2D eigenvalue weighted by molar-refractivity contribution is -0.119. The molecule has 0 atom stereocenters. The Morgan fingerprint density at radius 2 is 1.89 bits per heavy atom. The third-order valence-electron chi connectivity index (χ3n) is 5.45. The van der Waals surface area contributed by atoms with Crippen LogP contribution in [-0.4, -0.2) is 18.5 Å². The molecular weight excluding hydrogens is 372 g/mol. The van der Waals surface area contributed by atoms with Crippen molar-refractivity contribution in [2.24, 2.45) is 0 Å². The van der Waals surface area contributed by atoms with Crippen LogP contribution >= 0.6 is 11.3 Å². The topological polar surface area (TPSA) is 79.2 Å². The predicted octanol–water partition coefficient (Wildman–Crippen LogP) is 4.17. The second kappa shape index (κ2) is 8.15. The Balaban J connectivity index is 1.38. The zero-order chi connectivity index (χ0) is 19.5. The number of fused-ring (bicyclic) bond motifs is 2. The third kappa shape index (κ3) is 3.81. The highest BCUT2D eigenvalue weighted by atomic mass is 32.1. The van der Waals surface area contributed by atoms with Gasteiger partial charge in [-0.1, -0.05) is 12.5 Å². The zero-order valence-electron chi connectivity index (χ0n) is 15.7. The number of amides is 1. The molecule has 1 aromatic carbocycles. The summed E-state index contributed by atoms with van der Waals surface area (Å²) in [5.41, 5.74) is 4.61. The molecule has 0 saturated carbocycles. The maximum absolute atomic E-state index is 12.3. The van der Waals surface area contributed by atoms with Gasteiger partial charge in [0.05, 0.1) is 11.1 Å². The monoisotopic (exact) mass is 394 g/mol. The van der Waals surface area contributed by atoms with Crippen LogP contribution in [0, 0.1) is 11.3 Å². The smallest absolute Gasteiger partial charge is 0.338 e. The summed E-state index contributed by atoms with van der Waals surface area (Å²) < 4.78 is 5.19. The predicted molar refractivity (Wildman–Crippen MR) is 108 cm³/mol. The molecule has 0 radical (unpaired) electrons. The van der Waals surface area contributed by atoms with Gasteiger partial charge in [-0.15, -0.1) is 11.3 Å². The largest absolute Gasteiger partial charge is 0.452 e. The van der Waals surface area contributed by atoms with Crippen LogP contribution in [0.25, 0.3) is 0 Å². The fourth-order valence-electron chi connectivity index (χ4n) is 4.02. The first-order valence-electron chi connectivity index (χ1n) is 9.79. The number of benzene rings is 1. The van der Waals surface area contributed by atoms with Gasteiger partial charge in [-0.2, -0.15) is 5.26 Å². The van der Waals surface area contributed by atoms with Gasteiger partial charge in [-0.05, 0) is 73.8 Å². The number of nitrogens with one attached hydrogen (secondary N) is 1. The number of hydrogen-bond donors (Lipinski definition) is 1. The Kier molecular flexibility index (Phi) is 5.45. The quantitative estimate of drug-likeness (QED) is 0.623.